The summed E-state index contributed by atoms with van der Waals surface area (Å²) in [7, 11) is 0. The zero-order valence-corrected chi connectivity index (χ0v) is 10.4. The van der Waals surface area contributed by atoms with Gasteiger partial charge in [-0.25, -0.2) is 0 Å². The van der Waals surface area contributed by atoms with Gasteiger partial charge in [-0.2, -0.15) is 13.2 Å². The highest BCUT2D eigenvalue weighted by Gasteiger charge is 2.45. The molecule has 4 unspecified atom stereocenters. The molecule has 0 spiro atoms. The highest BCUT2D eigenvalue weighted by molar-refractivity contribution is 4.87. The molecule has 0 saturated heterocycles. The number of hydrogen-bond acceptors (Lipinski definition) is 2. The molecule has 0 bridgehead atoms. The van der Waals surface area contributed by atoms with E-state index in [1.54, 1.807) is 0 Å². The van der Waals surface area contributed by atoms with Crippen LogP contribution in [0.15, 0.2) is 0 Å². The maximum atomic E-state index is 12.8. The van der Waals surface area contributed by atoms with Crippen LogP contribution in [0, 0.1) is 11.8 Å². The largest absolute Gasteiger partial charge is 0.396 e. The molecule has 1 rings (SSSR count). The van der Waals surface area contributed by atoms with Gasteiger partial charge < -0.3 is 10.4 Å². The van der Waals surface area contributed by atoms with Gasteiger partial charge >= 0.3 is 6.18 Å². The van der Waals surface area contributed by atoms with Crippen LogP contribution in [0.2, 0.25) is 0 Å². The molecule has 0 aromatic rings. The van der Waals surface area contributed by atoms with Gasteiger partial charge in [0.1, 0.15) is 0 Å². The van der Waals surface area contributed by atoms with Crippen molar-refractivity contribution in [2.24, 2.45) is 11.8 Å². The fourth-order valence-electron chi connectivity index (χ4n) is 2.38. The minimum Gasteiger partial charge on any atom is -0.396 e. The van der Waals surface area contributed by atoms with Crippen LogP contribution in [0.1, 0.15) is 39.5 Å². The van der Waals surface area contributed by atoms with E-state index in [1.165, 1.54) is 0 Å². The molecule has 0 aromatic carbocycles. The Kier molecular flexibility index (Phi) is 5.25. The minimum atomic E-state index is -4.11. The standard InChI is InChI=1S/C12H22F3NO/c1-8(7-17)9(2)16-11-6-4-3-5-10(11)12(13,14)15/h8-11,16-17H,3-7H2,1-2H3. The van der Waals surface area contributed by atoms with Crippen molar-refractivity contribution < 1.29 is 18.3 Å². The predicted molar refractivity (Wildman–Crippen MR) is 60.6 cm³/mol. The molecule has 5 heteroatoms. The second-order valence-corrected chi connectivity index (χ2v) is 5.15. The van der Waals surface area contributed by atoms with E-state index in [2.05, 4.69) is 5.32 Å². The molecule has 1 aliphatic carbocycles. The Morgan fingerprint density at radius 1 is 1.24 bits per heavy atom. The molecule has 0 heterocycles. The fraction of sp³-hybridized carbons (Fsp3) is 1.00. The van der Waals surface area contributed by atoms with Crippen molar-refractivity contribution in [3.8, 4) is 0 Å². The van der Waals surface area contributed by atoms with Crippen molar-refractivity contribution >= 4 is 0 Å². The van der Waals surface area contributed by atoms with Crippen LogP contribution in [-0.4, -0.2) is 30.0 Å². The average Bonchev–Trinajstić information content (AvgIpc) is 2.27. The molecule has 1 saturated carbocycles. The average molecular weight is 253 g/mol. The number of rotatable bonds is 4. The van der Waals surface area contributed by atoms with Crippen LogP contribution in [0.3, 0.4) is 0 Å². The molecule has 0 radical (unpaired) electrons. The van der Waals surface area contributed by atoms with Gasteiger partial charge in [-0.05, 0) is 25.7 Å². The molecule has 2 N–H and O–H groups in total. The van der Waals surface area contributed by atoms with Crippen LogP contribution >= 0.6 is 0 Å². The molecule has 102 valence electrons. The molecule has 4 atom stereocenters. The lowest BCUT2D eigenvalue weighted by atomic mass is 9.83. The Hall–Kier alpha value is -0.290. The van der Waals surface area contributed by atoms with Gasteiger partial charge in [0.2, 0.25) is 0 Å². The lowest BCUT2D eigenvalue weighted by molar-refractivity contribution is -0.189. The van der Waals surface area contributed by atoms with Gasteiger partial charge in [0.05, 0.1) is 5.92 Å². The molecule has 1 aliphatic rings. The summed E-state index contributed by atoms with van der Waals surface area (Å²) in [5, 5.41) is 12.0. The molecule has 17 heavy (non-hydrogen) atoms. The first-order valence-corrected chi connectivity index (χ1v) is 6.30. The van der Waals surface area contributed by atoms with Crippen molar-refractivity contribution in [3.05, 3.63) is 0 Å². The number of nitrogens with one attached hydrogen (secondary N) is 1. The van der Waals surface area contributed by atoms with E-state index in [9.17, 15) is 13.2 Å². The first-order chi connectivity index (χ1) is 7.86. The molecule has 0 aromatic heterocycles. The number of hydrogen-bond donors (Lipinski definition) is 2. The van der Waals surface area contributed by atoms with E-state index in [1.807, 2.05) is 13.8 Å². The second kappa shape index (κ2) is 6.05. The first kappa shape index (κ1) is 14.8. The van der Waals surface area contributed by atoms with Crippen LogP contribution in [0.5, 0.6) is 0 Å². The van der Waals surface area contributed by atoms with E-state index >= 15 is 0 Å². The Balaban J connectivity index is 2.60. The fourth-order valence-corrected chi connectivity index (χ4v) is 2.38. The third kappa shape index (κ3) is 4.14. The van der Waals surface area contributed by atoms with Gasteiger partial charge in [-0.15, -0.1) is 0 Å². The van der Waals surface area contributed by atoms with Crippen LogP contribution in [0.25, 0.3) is 0 Å². The maximum Gasteiger partial charge on any atom is 0.393 e. The van der Waals surface area contributed by atoms with E-state index in [-0.39, 0.29) is 25.0 Å². The van der Waals surface area contributed by atoms with Gasteiger partial charge in [-0.1, -0.05) is 19.8 Å². The smallest absolute Gasteiger partial charge is 0.393 e. The van der Waals surface area contributed by atoms with Crippen LogP contribution < -0.4 is 5.32 Å². The highest BCUT2D eigenvalue weighted by atomic mass is 19.4. The van der Waals surface area contributed by atoms with Gasteiger partial charge in [-0.3, -0.25) is 0 Å². The maximum absolute atomic E-state index is 12.8. The Labute approximate surface area is 101 Å². The van der Waals surface area contributed by atoms with Crippen molar-refractivity contribution in [1.82, 2.24) is 5.32 Å². The number of alkyl halides is 3. The van der Waals surface area contributed by atoms with Crippen LogP contribution in [0.4, 0.5) is 13.2 Å². The Morgan fingerprint density at radius 3 is 2.35 bits per heavy atom. The van der Waals surface area contributed by atoms with Crippen molar-refractivity contribution in [3.63, 3.8) is 0 Å². The van der Waals surface area contributed by atoms with Crippen molar-refractivity contribution in [1.29, 1.82) is 0 Å². The Morgan fingerprint density at radius 2 is 1.82 bits per heavy atom. The van der Waals surface area contributed by atoms with E-state index in [0.717, 1.165) is 6.42 Å². The summed E-state index contributed by atoms with van der Waals surface area (Å²) >= 11 is 0. The summed E-state index contributed by atoms with van der Waals surface area (Å²) in [6.07, 6.45) is -1.80. The third-order valence-corrected chi connectivity index (χ3v) is 3.80. The molecular formula is C12H22F3NO. The zero-order chi connectivity index (χ0) is 13.1. The minimum absolute atomic E-state index is 0.00241. The first-order valence-electron chi connectivity index (χ1n) is 6.30. The van der Waals surface area contributed by atoms with Crippen molar-refractivity contribution in [2.75, 3.05) is 6.61 Å². The molecular weight excluding hydrogens is 231 g/mol. The van der Waals surface area contributed by atoms with E-state index < -0.39 is 18.1 Å². The predicted octanol–water partition coefficient (Wildman–Crippen LogP) is 2.71. The molecule has 1 fully saturated rings. The lowest BCUT2D eigenvalue weighted by Crippen LogP contribution is -2.50. The van der Waals surface area contributed by atoms with E-state index in [4.69, 9.17) is 5.11 Å². The molecule has 0 aliphatic heterocycles. The SMILES string of the molecule is CC(CO)C(C)NC1CCCCC1C(F)(F)F. The third-order valence-electron chi connectivity index (χ3n) is 3.80. The van der Waals surface area contributed by atoms with Crippen molar-refractivity contribution in [2.45, 2.75) is 57.8 Å². The highest BCUT2D eigenvalue weighted by Crippen LogP contribution is 2.38. The topological polar surface area (TPSA) is 32.3 Å². The second-order valence-electron chi connectivity index (χ2n) is 5.15. The van der Waals surface area contributed by atoms with E-state index in [0.29, 0.717) is 12.8 Å². The molecule has 0 amide bonds. The number of aliphatic hydroxyl groups excluding tert-OH is 1. The van der Waals surface area contributed by atoms with Gasteiger partial charge in [0, 0.05) is 18.7 Å². The molecule has 2 nitrogen and oxygen atoms in total. The lowest BCUT2D eigenvalue weighted by Gasteiger charge is -2.36. The summed E-state index contributed by atoms with van der Waals surface area (Å²) in [6, 6.07) is -0.583. The van der Waals surface area contributed by atoms with Gasteiger partial charge in [0.25, 0.3) is 0 Å². The number of aliphatic hydroxyl groups is 1. The summed E-state index contributed by atoms with van der Waals surface area (Å²) in [4.78, 5) is 0. The van der Waals surface area contributed by atoms with Crippen LogP contribution in [-0.2, 0) is 0 Å². The quantitative estimate of drug-likeness (QED) is 0.807. The summed E-state index contributed by atoms with van der Waals surface area (Å²) in [5.74, 6) is -1.25. The monoisotopic (exact) mass is 253 g/mol. The Bertz CT molecular complexity index is 232. The summed E-state index contributed by atoms with van der Waals surface area (Å²) in [6.45, 7) is 3.67. The van der Waals surface area contributed by atoms with Gasteiger partial charge in [0.15, 0.2) is 0 Å². The number of halogens is 3. The normalized spacial score (nSPS) is 30.0. The zero-order valence-electron chi connectivity index (χ0n) is 10.4. The summed E-state index contributed by atoms with van der Waals surface area (Å²) in [5.41, 5.74) is 0. The summed E-state index contributed by atoms with van der Waals surface area (Å²) < 4.78 is 38.5.